The quantitative estimate of drug-likeness (QED) is 0.668. The Labute approximate surface area is 90.8 Å². The molecule has 0 heterocycles. The molecule has 0 aliphatic heterocycles. The zero-order valence-electron chi connectivity index (χ0n) is 8.70. The summed E-state index contributed by atoms with van der Waals surface area (Å²) in [5.41, 5.74) is 1.20. The normalized spacial score (nSPS) is 12.1. The van der Waals surface area contributed by atoms with Gasteiger partial charge in [-0.2, -0.15) is 0 Å². The van der Waals surface area contributed by atoms with Crippen molar-refractivity contribution in [3.63, 3.8) is 0 Å². The van der Waals surface area contributed by atoms with Gasteiger partial charge in [0.05, 0.1) is 6.54 Å². The third kappa shape index (κ3) is 4.43. The van der Waals surface area contributed by atoms with Crippen molar-refractivity contribution >= 4 is 16.8 Å². The molecule has 0 amide bonds. The molecular weight excluding hydrogens is 194 g/mol. The first kappa shape index (κ1) is 11.3. The molecular formula is C12H16ClN. The molecule has 0 fully saturated rings. The molecule has 1 rings (SSSR count). The van der Waals surface area contributed by atoms with Crippen LogP contribution in [0, 0.1) is 5.92 Å². The fourth-order valence-corrected chi connectivity index (χ4v) is 1.53. The Morgan fingerprint density at radius 1 is 1.29 bits per heavy atom. The largest absolute Gasteiger partial charge is 0.273 e. The second kappa shape index (κ2) is 5.82. The zero-order chi connectivity index (χ0) is 10.4. The van der Waals surface area contributed by atoms with Crippen molar-refractivity contribution in [2.75, 3.05) is 0 Å². The molecule has 1 aromatic carbocycles. The lowest BCUT2D eigenvalue weighted by Crippen LogP contribution is -1.96. The maximum absolute atomic E-state index is 5.98. The number of benzene rings is 1. The second-order valence-electron chi connectivity index (χ2n) is 3.78. The van der Waals surface area contributed by atoms with E-state index in [0.29, 0.717) is 12.5 Å². The van der Waals surface area contributed by atoms with E-state index >= 15 is 0 Å². The van der Waals surface area contributed by atoms with Gasteiger partial charge in [0.2, 0.25) is 0 Å². The van der Waals surface area contributed by atoms with Gasteiger partial charge in [0.15, 0.2) is 0 Å². The van der Waals surface area contributed by atoms with E-state index in [1.165, 1.54) is 5.56 Å². The van der Waals surface area contributed by atoms with Gasteiger partial charge in [0, 0.05) is 6.42 Å². The molecule has 0 aromatic heterocycles. The van der Waals surface area contributed by atoms with Crippen molar-refractivity contribution in [2.24, 2.45) is 10.9 Å². The minimum atomic E-state index is 0.571. The first-order valence-electron chi connectivity index (χ1n) is 4.91. The topological polar surface area (TPSA) is 12.4 Å². The average molecular weight is 210 g/mol. The molecule has 0 aliphatic rings. The fraction of sp³-hybridized carbons (Fsp3) is 0.417. The number of hydrogen-bond donors (Lipinski definition) is 0. The summed E-state index contributed by atoms with van der Waals surface area (Å²) in [5, 5.41) is 0.726. The fourth-order valence-electron chi connectivity index (χ4n) is 1.16. The molecule has 0 spiro atoms. The molecule has 0 radical (unpaired) electrons. The predicted molar refractivity (Wildman–Crippen MR) is 62.9 cm³/mol. The molecule has 0 N–H and O–H groups in total. The van der Waals surface area contributed by atoms with Gasteiger partial charge in [-0.3, -0.25) is 4.99 Å². The lowest BCUT2D eigenvalue weighted by molar-refractivity contribution is 0.686. The third-order valence-electron chi connectivity index (χ3n) is 1.85. The van der Waals surface area contributed by atoms with Crippen LogP contribution in [0.4, 0.5) is 0 Å². The SMILES string of the molecule is CC(C)CC(Cl)=NCc1ccccc1. The summed E-state index contributed by atoms with van der Waals surface area (Å²) in [5.74, 6) is 0.571. The van der Waals surface area contributed by atoms with E-state index in [-0.39, 0.29) is 0 Å². The summed E-state index contributed by atoms with van der Waals surface area (Å²) >= 11 is 5.98. The van der Waals surface area contributed by atoms with E-state index in [2.05, 4.69) is 31.0 Å². The first-order valence-corrected chi connectivity index (χ1v) is 5.29. The first-order chi connectivity index (χ1) is 6.68. The minimum absolute atomic E-state index is 0.571. The van der Waals surface area contributed by atoms with E-state index in [1.54, 1.807) is 0 Å². The van der Waals surface area contributed by atoms with Crippen LogP contribution in [0.3, 0.4) is 0 Å². The van der Waals surface area contributed by atoms with E-state index in [4.69, 9.17) is 11.6 Å². The number of hydrogen-bond acceptors (Lipinski definition) is 1. The number of rotatable bonds is 4. The van der Waals surface area contributed by atoms with Gasteiger partial charge in [-0.05, 0) is 11.5 Å². The van der Waals surface area contributed by atoms with Crippen molar-refractivity contribution in [2.45, 2.75) is 26.8 Å². The van der Waals surface area contributed by atoms with Crippen LogP contribution in [0.25, 0.3) is 0 Å². The molecule has 0 saturated heterocycles. The van der Waals surface area contributed by atoms with Crippen LogP contribution in [0.2, 0.25) is 0 Å². The third-order valence-corrected chi connectivity index (χ3v) is 2.13. The summed E-state index contributed by atoms with van der Waals surface area (Å²) in [6, 6.07) is 10.2. The van der Waals surface area contributed by atoms with Gasteiger partial charge in [-0.15, -0.1) is 0 Å². The van der Waals surface area contributed by atoms with Gasteiger partial charge in [-0.25, -0.2) is 0 Å². The molecule has 0 bridgehead atoms. The van der Waals surface area contributed by atoms with E-state index in [0.717, 1.165) is 11.6 Å². The van der Waals surface area contributed by atoms with Gasteiger partial charge in [0.1, 0.15) is 5.17 Å². The summed E-state index contributed by atoms with van der Waals surface area (Å²) in [7, 11) is 0. The molecule has 76 valence electrons. The van der Waals surface area contributed by atoms with Crippen molar-refractivity contribution in [1.82, 2.24) is 0 Å². The van der Waals surface area contributed by atoms with Crippen LogP contribution >= 0.6 is 11.6 Å². The maximum Gasteiger partial charge on any atom is 0.101 e. The Hall–Kier alpha value is -0.820. The van der Waals surface area contributed by atoms with Gasteiger partial charge in [-0.1, -0.05) is 55.8 Å². The predicted octanol–water partition coefficient (Wildman–Crippen LogP) is 3.87. The molecule has 0 unspecified atom stereocenters. The highest BCUT2D eigenvalue weighted by atomic mass is 35.5. The second-order valence-corrected chi connectivity index (χ2v) is 4.21. The summed E-state index contributed by atoms with van der Waals surface area (Å²) < 4.78 is 0. The van der Waals surface area contributed by atoms with Gasteiger partial charge < -0.3 is 0 Å². The van der Waals surface area contributed by atoms with Crippen LogP contribution in [-0.4, -0.2) is 5.17 Å². The monoisotopic (exact) mass is 209 g/mol. The Morgan fingerprint density at radius 3 is 2.50 bits per heavy atom. The van der Waals surface area contributed by atoms with E-state index in [1.807, 2.05) is 18.2 Å². The number of nitrogens with zero attached hydrogens (tertiary/aromatic N) is 1. The molecule has 0 atom stereocenters. The van der Waals surface area contributed by atoms with Crippen LogP contribution in [0.15, 0.2) is 35.3 Å². The standard InChI is InChI=1S/C12H16ClN/c1-10(2)8-12(13)14-9-11-6-4-3-5-7-11/h3-7,10H,8-9H2,1-2H3. The van der Waals surface area contributed by atoms with Crippen LogP contribution in [0.5, 0.6) is 0 Å². The zero-order valence-corrected chi connectivity index (χ0v) is 9.46. The lowest BCUT2D eigenvalue weighted by atomic mass is 10.1. The molecule has 1 nitrogen and oxygen atoms in total. The highest BCUT2D eigenvalue weighted by Crippen LogP contribution is 2.07. The minimum Gasteiger partial charge on any atom is -0.273 e. The Balaban J connectivity index is 2.47. The van der Waals surface area contributed by atoms with Crippen LogP contribution < -0.4 is 0 Å². The molecule has 14 heavy (non-hydrogen) atoms. The Kier molecular flexibility index (Phi) is 4.68. The van der Waals surface area contributed by atoms with E-state index in [9.17, 15) is 0 Å². The average Bonchev–Trinajstić information content (AvgIpc) is 2.15. The number of aliphatic imine (C=N–C) groups is 1. The molecule has 0 saturated carbocycles. The highest BCUT2D eigenvalue weighted by molar-refractivity contribution is 6.65. The Morgan fingerprint density at radius 2 is 1.93 bits per heavy atom. The van der Waals surface area contributed by atoms with Crippen LogP contribution in [-0.2, 0) is 6.54 Å². The van der Waals surface area contributed by atoms with Crippen LogP contribution in [0.1, 0.15) is 25.8 Å². The van der Waals surface area contributed by atoms with Crippen molar-refractivity contribution in [1.29, 1.82) is 0 Å². The molecule has 0 aliphatic carbocycles. The molecule has 1 aromatic rings. The van der Waals surface area contributed by atoms with Crippen molar-refractivity contribution in [3.8, 4) is 0 Å². The Bertz CT molecular complexity index is 290. The lowest BCUT2D eigenvalue weighted by Gasteiger charge is -2.02. The molecule has 2 heteroatoms. The summed E-state index contributed by atoms with van der Waals surface area (Å²) in [6.45, 7) is 4.97. The summed E-state index contributed by atoms with van der Waals surface area (Å²) in [4.78, 5) is 4.32. The smallest absolute Gasteiger partial charge is 0.101 e. The van der Waals surface area contributed by atoms with Crippen molar-refractivity contribution in [3.05, 3.63) is 35.9 Å². The summed E-state index contributed by atoms with van der Waals surface area (Å²) in [6.07, 6.45) is 0.869. The highest BCUT2D eigenvalue weighted by Gasteiger charge is 1.98. The van der Waals surface area contributed by atoms with E-state index < -0.39 is 0 Å². The van der Waals surface area contributed by atoms with Gasteiger partial charge in [0.25, 0.3) is 0 Å². The van der Waals surface area contributed by atoms with Crippen molar-refractivity contribution < 1.29 is 0 Å². The maximum atomic E-state index is 5.98. The number of halogens is 1. The van der Waals surface area contributed by atoms with Gasteiger partial charge >= 0.3 is 0 Å².